The summed E-state index contributed by atoms with van der Waals surface area (Å²) in [6.07, 6.45) is 7.95. The first-order valence-corrected chi connectivity index (χ1v) is 13.4. The molecule has 0 radical (unpaired) electrons. The predicted octanol–water partition coefficient (Wildman–Crippen LogP) is 3.42. The molecule has 1 atom stereocenters. The number of ether oxygens (including phenoxy) is 1. The summed E-state index contributed by atoms with van der Waals surface area (Å²) >= 11 is 0. The summed E-state index contributed by atoms with van der Waals surface area (Å²) in [7, 11) is 0. The summed E-state index contributed by atoms with van der Waals surface area (Å²) < 4.78 is 33.8. The molecule has 1 aliphatic carbocycles. The van der Waals surface area contributed by atoms with Crippen molar-refractivity contribution in [2.45, 2.75) is 71.6 Å². The van der Waals surface area contributed by atoms with Crippen LogP contribution in [0.4, 0.5) is 14.7 Å². The third-order valence-electron chi connectivity index (χ3n) is 7.30. The molecule has 0 bridgehead atoms. The zero-order chi connectivity index (χ0) is 28.4. The molecule has 1 aromatic carbocycles. The number of aryl methyl sites for hydroxylation is 1. The molecule has 1 aliphatic heterocycles. The molecule has 1 amide bonds. The number of rotatable bonds is 8. The van der Waals surface area contributed by atoms with Crippen molar-refractivity contribution in [3.05, 3.63) is 64.7 Å². The van der Waals surface area contributed by atoms with Gasteiger partial charge in [0.25, 0.3) is 0 Å². The molecule has 3 heterocycles. The van der Waals surface area contributed by atoms with Crippen molar-refractivity contribution < 1.29 is 23.1 Å². The molecule has 2 aliphatic rings. The molecule has 1 unspecified atom stereocenters. The first-order valence-electron chi connectivity index (χ1n) is 13.4. The zero-order valence-corrected chi connectivity index (χ0v) is 22.9. The van der Waals surface area contributed by atoms with Crippen molar-refractivity contribution in [3.8, 4) is 0 Å². The second-order valence-corrected chi connectivity index (χ2v) is 11.5. The van der Waals surface area contributed by atoms with Crippen LogP contribution in [0.25, 0.3) is 0 Å². The molecule has 3 aromatic rings. The van der Waals surface area contributed by atoms with Crippen molar-refractivity contribution in [3.63, 3.8) is 0 Å². The number of hydrogen-bond donors (Lipinski definition) is 1. The first kappa shape index (κ1) is 27.6. The molecular formula is C28H33F2N7O3. The van der Waals surface area contributed by atoms with Crippen molar-refractivity contribution in [2.24, 2.45) is 5.41 Å². The van der Waals surface area contributed by atoms with E-state index in [0.717, 1.165) is 28.8 Å². The Kier molecular flexibility index (Phi) is 7.77. The third kappa shape index (κ3) is 6.43. The summed E-state index contributed by atoms with van der Waals surface area (Å²) in [4.78, 5) is 35.4. The Morgan fingerprint density at radius 1 is 1.10 bits per heavy atom. The number of fused-ring (bicyclic) bond motifs is 1. The molecule has 212 valence electrons. The Morgan fingerprint density at radius 3 is 2.42 bits per heavy atom. The van der Waals surface area contributed by atoms with Crippen LogP contribution < -0.4 is 5.32 Å². The van der Waals surface area contributed by atoms with E-state index in [2.05, 4.69) is 25.6 Å². The van der Waals surface area contributed by atoms with Gasteiger partial charge < -0.3 is 15.0 Å². The van der Waals surface area contributed by atoms with E-state index >= 15 is 0 Å². The summed E-state index contributed by atoms with van der Waals surface area (Å²) in [6, 6.07) is 2.48. The third-order valence-corrected chi connectivity index (χ3v) is 7.30. The fourth-order valence-corrected chi connectivity index (χ4v) is 5.00. The van der Waals surface area contributed by atoms with Crippen molar-refractivity contribution in [1.82, 2.24) is 29.9 Å². The largest absolute Gasteiger partial charge is 0.442 e. The lowest BCUT2D eigenvalue weighted by molar-refractivity contribution is -0.157. The number of aromatic nitrogens is 5. The van der Waals surface area contributed by atoms with Gasteiger partial charge in [0, 0.05) is 43.9 Å². The zero-order valence-electron chi connectivity index (χ0n) is 22.9. The number of carbonyl (C=O) groups excluding carboxylic acids is 2. The van der Waals surface area contributed by atoms with E-state index < -0.39 is 17.0 Å². The summed E-state index contributed by atoms with van der Waals surface area (Å²) in [5, 5.41) is 11.5. The van der Waals surface area contributed by atoms with Gasteiger partial charge in [-0.2, -0.15) is 0 Å². The molecule has 0 spiro atoms. The number of amides is 1. The Hall–Kier alpha value is -3.96. The highest BCUT2D eigenvalue weighted by Gasteiger charge is 2.29. The van der Waals surface area contributed by atoms with Gasteiger partial charge in [0.2, 0.25) is 11.9 Å². The monoisotopic (exact) mass is 553 g/mol. The van der Waals surface area contributed by atoms with Gasteiger partial charge in [-0.1, -0.05) is 5.21 Å². The number of hydrogen-bond acceptors (Lipinski definition) is 8. The van der Waals surface area contributed by atoms with Gasteiger partial charge in [-0.15, -0.1) is 5.10 Å². The van der Waals surface area contributed by atoms with E-state index in [-0.39, 0.29) is 30.6 Å². The number of nitrogens with zero attached hydrogens (tertiary/aromatic N) is 6. The fraction of sp³-hybridized carbons (Fsp3) is 0.500. The van der Waals surface area contributed by atoms with E-state index in [9.17, 15) is 18.4 Å². The molecule has 2 aromatic heterocycles. The van der Waals surface area contributed by atoms with E-state index in [0.29, 0.717) is 44.7 Å². The van der Waals surface area contributed by atoms with Crippen LogP contribution in [0.2, 0.25) is 0 Å². The first-order chi connectivity index (χ1) is 19.0. The van der Waals surface area contributed by atoms with Crippen LogP contribution in [0, 0.1) is 17.0 Å². The maximum Gasteiger partial charge on any atom is 0.313 e. The minimum Gasteiger partial charge on any atom is -0.442 e. The normalized spacial score (nSPS) is 17.2. The Labute approximate surface area is 231 Å². The number of anilines is 1. The van der Waals surface area contributed by atoms with Gasteiger partial charge in [-0.05, 0) is 75.3 Å². The molecule has 40 heavy (non-hydrogen) atoms. The highest BCUT2D eigenvalue weighted by atomic mass is 19.2. The molecule has 12 heteroatoms. The van der Waals surface area contributed by atoms with Gasteiger partial charge in [0.15, 0.2) is 18.4 Å². The summed E-state index contributed by atoms with van der Waals surface area (Å²) in [5.74, 6) is -1.39. The minimum absolute atomic E-state index is 0.00310. The lowest BCUT2D eigenvalue weighted by Gasteiger charge is -2.16. The van der Waals surface area contributed by atoms with Gasteiger partial charge in [0.1, 0.15) is 0 Å². The lowest BCUT2D eigenvalue weighted by Crippen LogP contribution is -2.28. The number of benzene rings is 1. The molecule has 10 nitrogen and oxygen atoms in total. The van der Waals surface area contributed by atoms with E-state index in [4.69, 9.17) is 4.74 Å². The molecule has 1 saturated heterocycles. The standard InChI is InChI=1S/C28H33F2N7O3/c1-28(2,3)26(39)40-16-37-15-24(34-35-37)18-6-7-36(14-18)25(38)5-4-17-12-31-27(32-13-17)33-21-8-19-10-22(29)23(30)11-20(19)9-21/h10-13,15,18,21H,4-9,14,16H2,1-3H3,(H,31,32,33). The van der Waals surface area contributed by atoms with Gasteiger partial charge in [0.05, 0.1) is 17.3 Å². The van der Waals surface area contributed by atoms with Crippen LogP contribution in [0.5, 0.6) is 0 Å². The fourth-order valence-electron chi connectivity index (χ4n) is 5.00. The lowest BCUT2D eigenvalue weighted by atomic mass is 9.98. The van der Waals surface area contributed by atoms with Gasteiger partial charge in [-0.25, -0.2) is 23.4 Å². The molecule has 0 saturated carbocycles. The molecular weight excluding hydrogens is 520 g/mol. The van der Waals surface area contributed by atoms with Crippen LogP contribution in [0.1, 0.15) is 61.9 Å². The average molecular weight is 554 g/mol. The summed E-state index contributed by atoms with van der Waals surface area (Å²) in [6.45, 7) is 6.58. The molecule has 1 fully saturated rings. The number of esters is 1. The van der Waals surface area contributed by atoms with Gasteiger partial charge in [-0.3, -0.25) is 9.59 Å². The van der Waals surface area contributed by atoms with Crippen LogP contribution >= 0.6 is 0 Å². The van der Waals surface area contributed by atoms with Crippen LogP contribution in [0.15, 0.2) is 30.7 Å². The van der Waals surface area contributed by atoms with Crippen LogP contribution in [-0.2, 0) is 40.3 Å². The van der Waals surface area contributed by atoms with Gasteiger partial charge >= 0.3 is 5.97 Å². The van der Waals surface area contributed by atoms with Crippen molar-refractivity contribution in [1.29, 1.82) is 0 Å². The van der Waals surface area contributed by atoms with Crippen LogP contribution in [-0.4, -0.2) is 60.9 Å². The number of halogens is 2. The molecule has 1 N–H and O–H groups in total. The van der Waals surface area contributed by atoms with E-state index in [1.807, 2.05) is 4.90 Å². The predicted molar refractivity (Wildman–Crippen MR) is 141 cm³/mol. The maximum atomic E-state index is 13.5. The highest BCUT2D eigenvalue weighted by Crippen LogP contribution is 2.27. The second-order valence-electron chi connectivity index (χ2n) is 11.5. The maximum absolute atomic E-state index is 13.5. The SMILES string of the molecule is CC(C)(C)C(=O)OCn1cc(C2CCN(C(=O)CCc3cnc(NC4Cc5cc(F)c(F)cc5C4)nc3)C2)nn1. The molecule has 5 rings (SSSR count). The average Bonchev–Trinajstić information content (AvgIpc) is 3.66. The second kappa shape index (κ2) is 11.3. The Balaban J connectivity index is 1.06. The van der Waals surface area contributed by atoms with Crippen molar-refractivity contribution >= 4 is 17.8 Å². The highest BCUT2D eigenvalue weighted by molar-refractivity contribution is 5.77. The van der Waals surface area contributed by atoms with Crippen LogP contribution in [0.3, 0.4) is 0 Å². The van der Waals surface area contributed by atoms with Crippen molar-refractivity contribution in [2.75, 3.05) is 18.4 Å². The van der Waals surface area contributed by atoms with E-state index in [1.54, 1.807) is 39.4 Å². The Morgan fingerprint density at radius 2 is 1.77 bits per heavy atom. The number of likely N-dealkylation sites (tertiary alicyclic amines) is 1. The topological polar surface area (TPSA) is 115 Å². The summed E-state index contributed by atoms with van der Waals surface area (Å²) in [5.41, 5.74) is 2.62. The number of nitrogens with one attached hydrogen (secondary N) is 1. The minimum atomic E-state index is -0.831. The number of carbonyl (C=O) groups is 2. The van der Waals surface area contributed by atoms with E-state index in [1.165, 1.54) is 16.8 Å². The smallest absolute Gasteiger partial charge is 0.313 e. The quantitative estimate of drug-likeness (QED) is 0.422. The Bertz CT molecular complexity index is 1360.